The van der Waals surface area contributed by atoms with E-state index in [1.807, 2.05) is 36.4 Å². The van der Waals surface area contributed by atoms with Crippen molar-refractivity contribution in [1.29, 1.82) is 0 Å². The molecule has 1 aliphatic heterocycles. The second-order valence-corrected chi connectivity index (χ2v) is 8.09. The number of anilines is 3. The lowest BCUT2D eigenvalue weighted by molar-refractivity contribution is 0.125. The second-order valence-electron chi connectivity index (χ2n) is 8.09. The van der Waals surface area contributed by atoms with Crippen LogP contribution >= 0.6 is 0 Å². The summed E-state index contributed by atoms with van der Waals surface area (Å²) in [7, 11) is 0. The quantitative estimate of drug-likeness (QED) is 0.349. The molecule has 4 aromatic heterocycles. The summed E-state index contributed by atoms with van der Waals surface area (Å²) >= 11 is 0. The predicted molar refractivity (Wildman–Crippen MR) is 126 cm³/mol. The van der Waals surface area contributed by atoms with Gasteiger partial charge >= 0.3 is 0 Å². The number of fused-ring (bicyclic) bond motifs is 2. The number of aliphatic hydroxyl groups excluding tert-OH is 1. The molecule has 0 amide bonds. The minimum Gasteiger partial charge on any atom is -0.388 e. The standard InChI is InChI=1S/C23H21N9O2/c33-19-13-34-12-18(19)28-20-9-16(5-7-25-20)27-21-10-26-22-23(29-21)32(31-30-22)11-14-3-4-17-15(8-14)2-1-6-24-17/h1-10,18-19,33H,11-13H2,(H2,25,27,28,29). The lowest BCUT2D eigenvalue weighted by atomic mass is 10.1. The van der Waals surface area contributed by atoms with Crippen molar-refractivity contribution in [2.75, 3.05) is 23.8 Å². The van der Waals surface area contributed by atoms with Crippen LogP contribution in [-0.2, 0) is 11.3 Å². The summed E-state index contributed by atoms with van der Waals surface area (Å²) in [6, 6.07) is 13.5. The number of aliphatic hydroxyl groups is 1. The number of nitrogens with zero attached hydrogens (tertiary/aromatic N) is 7. The summed E-state index contributed by atoms with van der Waals surface area (Å²) in [6.45, 7) is 1.27. The number of aromatic nitrogens is 7. The minimum atomic E-state index is -0.557. The Balaban J connectivity index is 1.23. The summed E-state index contributed by atoms with van der Waals surface area (Å²) in [5.41, 5.74) is 3.84. The van der Waals surface area contributed by atoms with E-state index in [2.05, 4.69) is 46.9 Å². The van der Waals surface area contributed by atoms with Gasteiger partial charge in [0.25, 0.3) is 0 Å². The zero-order valence-corrected chi connectivity index (χ0v) is 18.0. The summed E-state index contributed by atoms with van der Waals surface area (Å²) < 4.78 is 7.01. The number of pyridine rings is 2. The molecule has 2 atom stereocenters. The molecule has 0 aliphatic carbocycles. The fraction of sp³-hybridized carbons (Fsp3) is 0.217. The lowest BCUT2D eigenvalue weighted by Crippen LogP contribution is -2.32. The van der Waals surface area contributed by atoms with Crippen LogP contribution in [0.1, 0.15) is 5.56 Å². The maximum absolute atomic E-state index is 9.95. The first-order valence-electron chi connectivity index (χ1n) is 10.9. The van der Waals surface area contributed by atoms with Gasteiger partial charge in [0.15, 0.2) is 11.5 Å². The van der Waals surface area contributed by atoms with Crippen molar-refractivity contribution in [2.24, 2.45) is 0 Å². The Morgan fingerprint density at radius 2 is 2.00 bits per heavy atom. The van der Waals surface area contributed by atoms with Crippen LogP contribution < -0.4 is 10.6 Å². The van der Waals surface area contributed by atoms with E-state index in [0.29, 0.717) is 42.7 Å². The molecule has 1 aliphatic rings. The number of ether oxygens (including phenoxy) is 1. The Hall–Kier alpha value is -4.22. The molecule has 0 saturated carbocycles. The Bertz CT molecular complexity index is 1470. The predicted octanol–water partition coefficient (Wildman–Crippen LogP) is 2.13. The number of hydrogen-bond donors (Lipinski definition) is 3. The molecule has 1 fully saturated rings. The van der Waals surface area contributed by atoms with E-state index >= 15 is 0 Å². The largest absolute Gasteiger partial charge is 0.388 e. The third-order valence-electron chi connectivity index (χ3n) is 5.64. The summed E-state index contributed by atoms with van der Waals surface area (Å²) in [5.74, 6) is 1.19. The average Bonchev–Trinajstić information content (AvgIpc) is 3.45. The highest BCUT2D eigenvalue weighted by Crippen LogP contribution is 2.21. The third kappa shape index (κ3) is 4.09. The first-order chi connectivity index (χ1) is 16.7. The zero-order chi connectivity index (χ0) is 22.9. The number of benzene rings is 1. The number of nitrogens with one attached hydrogen (secondary N) is 2. The fourth-order valence-electron chi connectivity index (χ4n) is 3.92. The van der Waals surface area contributed by atoms with E-state index in [9.17, 15) is 5.11 Å². The van der Waals surface area contributed by atoms with Gasteiger partial charge in [-0.2, -0.15) is 0 Å². The van der Waals surface area contributed by atoms with Crippen LogP contribution in [0, 0.1) is 0 Å². The Morgan fingerprint density at radius 3 is 2.91 bits per heavy atom. The van der Waals surface area contributed by atoms with E-state index in [1.165, 1.54) is 0 Å². The first kappa shape index (κ1) is 20.4. The van der Waals surface area contributed by atoms with Gasteiger partial charge in [-0.1, -0.05) is 17.3 Å². The van der Waals surface area contributed by atoms with Gasteiger partial charge in [-0.25, -0.2) is 19.6 Å². The monoisotopic (exact) mass is 455 g/mol. The number of hydrogen-bond acceptors (Lipinski definition) is 10. The smallest absolute Gasteiger partial charge is 0.221 e. The molecule has 34 heavy (non-hydrogen) atoms. The van der Waals surface area contributed by atoms with Gasteiger partial charge in [0.05, 0.1) is 43.6 Å². The molecule has 1 aromatic carbocycles. The van der Waals surface area contributed by atoms with Gasteiger partial charge in [-0.15, -0.1) is 5.10 Å². The maximum Gasteiger partial charge on any atom is 0.221 e. The Labute approximate surface area is 193 Å². The molecule has 11 nitrogen and oxygen atoms in total. The van der Waals surface area contributed by atoms with Gasteiger partial charge in [0, 0.05) is 29.5 Å². The molecule has 3 N–H and O–H groups in total. The van der Waals surface area contributed by atoms with Crippen molar-refractivity contribution in [3.63, 3.8) is 0 Å². The van der Waals surface area contributed by atoms with Crippen molar-refractivity contribution in [3.05, 3.63) is 66.6 Å². The minimum absolute atomic E-state index is 0.190. The SMILES string of the molecule is OC1COCC1Nc1cc(Nc2cnc3nnn(Cc4ccc5ncccc5c4)c3n2)ccn1. The summed E-state index contributed by atoms with van der Waals surface area (Å²) in [6.07, 6.45) is 4.52. The van der Waals surface area contributed by atoms with Gasteiger partial charge in [0.1, 0.15) is 5.82 Å². The molecule has 1 saturated heterocycles. The fourth-order valence-corrected chi connectivity index (χ4v) is 3.92. The van der Waals surface area contributed by atoms with E-state index in [-0.39, 0.29) is 6.04 Å². The van der Waals surface area contributed by atoms with Gasteiger partial charge in [-0.05, 0) is 29.8 Å². The molecule has 11 heteroatoms. The molecule has 2 unspecified atom stereocenters. The molecule has 5 aromatic rings. The summed E-state index contributed by atoms with van der Waals surface area (Å²) in [4.78, 5) is 17.8. The first-order valence-corrected chi connectivity index (χ1v) is 10.9. The van der Waals surface area contributed by atoms with E-state index in [1.54, 1.807) is 23.3 Å². The van der Waals surface area contributed by atoms with Gasteiger partial charge < -0.3 is 20.5 Å². The zero-order valence-electron chi connectivity index (χ0n) is 18.0. The van der Waals surface area contributed by atoms with Crippen molar-refractivity contribution in [2.45, 2.75) is 18.7 Å². The molecule has 6 rings (SSSR count). The van der Waals surface area contributed by atoms with E-state index in [0.717, 1.165) is 22.2 Å². The topological polar surface area (TPSA) is 136 Å². The molecular formula is C23H21N9O2. The van der Waals surface area contributed by atoms with Crippen LogP contribution in [0.3, 0.4) is 0 Å². The molecule has 5 heterocycles. The normalized spacial score (nSPS) is 17.9. The van der Waals surface area contributed by atoms with Crippen LogP contribution in [0.15, 0.2) is 61.1 Å². The van der Waals surface area contributed by atoms with Crippen LogP contribution in [-0.4, -0.2) is 65.4 Å². The van der Waals surface area contributed by atoms with Gasteiger partial charge in [-0.3, -0.25) is 4.98 Å². The molecule has 170 valence electrons. The van der Waals surface area contributed by atoms with Crippen LogP contribution in [0.5, 0.6) is 0 Å². The highest BCUT2D eigenvalue weighted by atomic mass is 16.5. The van der Waals surface area contributed by atoms with E-state index in [4.69, 9.17) is 4.74 Å². The average molecular weight is 455 g/mol. The lowest BCUT2D eigenvalue weighted by Gasteiger charge is -2.15. The van der Waals surface area contributed by atoms with Crippen molar-refractivity contribution in [1.82, 2.24) is 34.9 Å². The second kappa shape index (κ2) is 8.61. The van der Waals surface area contributed by atoms with Crippen LogP contribution in [0.2, 0.25) is 0 Å². The van der Waals surface area contributed by atoms with Gasteiger partial charge in [0.2, 0.25) is 5.65 Å². The molecule has 0 radical (unpaired) electrons. The van der Waals surface area contributed by atoms with Crippen molar-refractivity contribution >= 4 is 39.5 Å². The van der Waals surface area contributed by atoms with Crippen LogP contribution in [0.4, 0.5) is 17.3 Å². The molecule has 0 bridgehead atoms. The number of rotatable bonds is 6. The Morgan fingerprint density at radius 1 is 1.03 bits per heavy atom. The molecular weight excluding hydrogens is 434 g/mol. The Kier molecular flexibility index (Phi) is 5.17. The highest BCUT2D eigenvalue weighted by molar-refractivity contribution is 5.79. The highest BCUT2D eigenvalue weighted by Gasteiger charge is 2.26. The van der Waals surface area contributed by atoms with Crippen LogP contribution in [0.25, 0.3) is 22.2 Å². The summed E-state index contributed by atoms with van der Waals surface area (Å²) in [5, 5.41) is 25.9. The maximum atomic E-state index is 9.95. The third-order valence-corrected chi connectivity index (χ3v) is 5.64. The molecule has 0 spiro atoms. The van der Waals surface area contributed by atoms with Crippen molar-refractivity contribution < 1.29 is 9.84 Å². The van der Waals surface area contributed by atoms with Crippen molar-refractivity contribution in [3.8, 4) is 0 Å². The van der Waals surface area contributed by atoms with E-state index < -0.39 is 6.10 Å².